The minimum Gasteiger partial charge on any atom is -0.493 e. The number of alkyl halides is 2. The average Bonchev–Trinajstić information content (AvgIpc) is 3.27. The Labute approximate surface area is 174 Å². The van der Waals surface area contributed by atoms with Gasteiger partial charge in [-0.15, -0.1) is 0 Å². The first-order chi connectivity index (χ1) is 14.9. The van der Waals surface area contributed by atoms with Crippen LogP contribution in [0.15, 0.2) is 49.1 Å². The van der Waals surface area contributed by atoms with Crippen LogP contribution in [0.25, 0.3) is 5.69 Å². The smallest absolute Gasteiger partial charge is 0.387 e. The Balaban J connectivity index is 1.67. The van der Waals surface area contributed by atoms with Crippen molar-refractivity contribution in [1.82, 2.24) is 20.1 Å². The van der Waals surface area contributed by atoms with E-state index < -0.39 is 17.4 Å². The average molecular weight is 433 g/mol. The van der Waals surface area contributed by atoms with Gasteiger partial charge in [0.2, 0.25) is 0 Å². The predicted molar refractivity (Wildman–Crippen MR) is 104 cm³/mol. The Kier molecular flexibility index (Phi) is 6.70. The van der Waals surface area contributed by atoms with Gasteiger partial charge in [-0.05, 0) is 36.2 Å². The number of amides is 1. The molecule has 0 saturated carbocycles. The van der Waals surface area contributed by atoms with E-state index in [4.69, 9.17) is 4.74 Å². The number of hydrogen-bond acceptors (Lipinski definition) is 7. The van der Waals surface area contributed by atoms with Gasteiger partial charge in [0.05, 0.1) is 12.0 Å². The molecule has 1 aromatic heterocycles. The number of ether oxygens (including phenoxy) is 2. The largest absolute Gasteiger partial charge is 0.493 e. The van der Waals surface area contributed by atoms with Crippen molar-refractivity contribution in [1.29, 1.82) is 0 Å². The number of halogens is 2. The van der Waals surface area contributed by atoms with Gasteiger partial charge >= 0.3 is 6.61 Å². The molecule has 0 saturated heterocycles. The van der Waals surface area contributed by atoms with E-state index in [0.29, 0.717) is 12.0 Å². The standard InChI is InChI=1S/C19H17F2N5O5/c1-30-16-5-2-12(8-17(16)31-19(20)21)6-7-23-18(27)13-3-4-14(15(9-13)26(28)29)25-11-22-10-24-25/h2-5,8-11,19H,6-7H2,1H3,(H,23,27). The zero-order chi connectivity index (χ0) is 22.4. The number of nitrogens with one attached hydrogen (secondary N) is 1. The van der Waals surface area contributed by atoms with E-state index >= 15 is 0 Å². The molecule has 1 N–H and O–H groups in total. The number of nitrogens with zero attached hydrogens (tertiary/aromatic N) is 4. The molecule has 0 unspecified atom stereocenters. The molecular weight excluding hydrogens is 416 g/mol. The van der Waals surface area contributed by atoms with E-state index in [1.165, 1.54) is 48.7 Å². The molecule has 0 spiro atoms. The van der Waals surface area contributed by atoms with Crippen LogP contribution in [-0.4, -0.2) is 45.9 Å². The monoisotopic (exact) mass is 433 g/mol. The van der Waals surface area contributed by atoms with Crippen molar-refractivity contribution in [2.45, 2.75) is 13.0 Å². The zero-order valence-electron chi connectivity index (χ0n) is 16.2. The van der Waals surface area contributed by atoms with Crippen LogP contribution >= 0.6 is 0 Å². The van der Waals surface area contributed by atoms with Crippen molar-refractivity contribution in [2.24, 2.45) is 0 Å². The zero-order valence-corrected chi connectivity index (χ0v) is 16.2. The molecule has 3 aromatic rings. The number of benzene rings is 2. The van der Waals surface area contributed by atoms with Gasteiger partial charge in [0, 0.05) is 18.2 Å². The van der Waals surface area contributed by atoms with Gasteiger partial charge in [-0.25, -0.2) is 9.67 Å². The summed E-state index contributed by atoms with van der Waals surface area (Å²) in [5, 5.41) is 17.9. The highest BCUT2D eigenvalue weighted by molar-refractivity contribution is 5.95. The van der Waals surface area contributed by atoms with Crippen LogP contribution in [0.4, 0.5) is 14.5 Å². The molecular formula is C19H17F2N5O5. The fourth-order valence-corrected chi connectivity index (χ4v) is 2.82. The Hall–Kier alpha value is -4.09. The number of hydrogen-bond donors (Lipinski definition) is 1. The molecule has 0 radical (unpaired) electrons. The normalized spacial score (nSPS) is 10.7. The fourth-order valence-electron chi connectivity index (χ4n) is 2.82. The third kappa shape index (κ3) is 5.29. The summed E-state index contributed by atoms with van der Waals surface area (Å²) >= 11 is 0. The molecule has 0 aliphatic heterocycles. The lowest BCUT2D eigenvalue weighted by Gasteiger charge is -2.12. The Morgan fingerprint density at radius 2 is 2.06 bits per heavy atom. The molecule has 0 atom stereocenters. The van der Waals surface area contributed by atoms with Crippen LogP contribution in [0, 0.1) is 10.1 Å². The highest BCUT2D eigenvalue weighted by Gasteiger charge is 2.19. The van der Waals surface area contributed by atoms with Crippen molar-refractivity contribution in [3.8, 4) is 17.2 Å². The topological polar surface area (TPSA) is 121 Å². The fraction of sp³-hybridized carbons (Fsp3) is 0.211. The summed E-state index contributed by atoms with van der Waals surface area (Å²) in [5.74, 6) is -0.473. The van der Waals surface area contributed by atoms with E-state index in [-0.39, 0.29) is 35.0 Å². The summed E-state index contributed by atoms with van der Waals surface area (Å²) in [5.41, 5.74) is 0.585. The van der Waals surface area contributed by atoms with Crippen molar-refractivity contribution < 1.29 is 28.0 Å². The number of nitro groups is 1. The van der Waals surface area contributed by atoms with Gasteiger partial charge in [-0.2, -0.15) is 13.9 Å². The third-order valence-corrected chi connectivity index (χ3v) is 4.24. The Bertz CT molecular complexity index is 1080. The van der Waals surface area contributed by atoms with E-state index in [2.05, 4.69) is 20.1 Å². The molecule has 1 heterocycles. The Morgan fingerprint density at radius 1 is 1.26 bits per heavy atom. The minimum absolute atomic E-state index is 0.0898. The van der Waals surface area contributed by atoms with Gasteiger partial charge in [-0.1, -0.05) is 6.07 Å². The lowest BCUT2D eigenvalue weighted by atomic mass is 10.1. The second-order valence-electron chi connectivity index (χ2n) is 6.17. The van der Waals surface area contributed by atoms with Crippen molar-refractivity contribution in [3.63, 3.8) is 0 Å². The molecule has 12 heteroatoms. The van der Waals surface area contributed by atoms with E-state index in [0.717, 1.165) is 6.07 Å². The van der Waals surface area contributed by atoms with Crippen LogP contribution in [0.2, 0.25) is 0 Å². The highest BCUT2D eigenvalue weighted by atomic mass is 19.3. The molecule has 3 rings (SSSR count). The molecule has 162 valence electrons. The van der Waals surface area contributed by atoms with Gasteiger partial charge in [0.15, 0.2) is 11.5 Å². The Morgan fingerprint density at radius 3 is 2.71 bits per heavy atom. The number of methoxy groups -OCH3 is 1. The number of carbonyl (C=O) groups excluding carboxylic acids is 1. The van der Waals surface area contributed by atoms with Crippen LogP contribution in [0.3, 0.4) is 0 Å². The van der Waals surface area contributed by atoms with Crippen LogP contribution in [-0.2, 0) is 6.42 Å². The molecule has 1 amide bonds. The molecule has 2 aromatic carbocycles. The van der Waals surface area contributed by atoms with Gasteiger partial charge in [-0.3, -0.25) is 14.9 Å². The lowest BCUT2D eigenvalue weighted by Crippen LogP contribution is -2.25. The first-order valence-corrected chi connectivity index (χ1v) is 8.92. The van der Waals surface area contributed by atoms with E-state index in [1.54, 1.807) is 6.07 Å². The molecule has 0 aliphatic rings. The lowest BCUT2D eigenvalue weighted by molar-refractivity contribution is -0.384. The highest BCUT2D eigenvalue weighted by Crippen LogP contribution is 2.29. The summed E-state index contributed by atoms with van der Waals surface area (Å²) in [4.78, 5) is 26.9. The number of aromatic nitrogens is 3. The SMILES string of the molecule is COc1ccc(CCNC(=O)c2ccc(-n3cncn3)c([N+](=O)[O-])c2)cc1OC(F)F. The second kappa shape index (κ2) is 9.61. The van der Waals surface area contributed by atoms with E-state index in [9.17, 15) is 23.7 Å². The maximum absolute atomic E-state index is 12.5. The van der Waals surface area contributed by atoms with E-state index in [1.807, 2.05) is 0 Å². The van der Waals surface area contributed by atoms with Crippen molar-refractivity contribution in [2.75, 3.05) is 13.7 Å². The first kappa shape index (κ1) is 21.6. The van der Waals surface area contributed by atoms with Crippen molar-refractivity contribution in [3.05, 3.63) is 70.3 Å². The maximum atomic E-state index is 12.5. The summed E-state index contributed by atoms with van der Waals surface area (Å²) in [6.45, 7) is -2.84. The molecule has 0 aliphatic carbocycles. The van der Waals surface area contributed by atoms with Crippen LogP contribution in [0.1, 0.15) is 15.9 Å². The predicted octanol–water partition coefficient (Wildman–Crippen LogP) is 2.76. The second-order valence-corrected chi connectivity index (χ2v) is 6.17. The molecule has 10 nitrogen and oxygen atoms in total. The van der Waals surface area contributed by atoms with Gasteiger partial charge in [0.25, 0.3) is 11.6 Å². The number of rotatable bonds is 9. The summed E-state index contributed by atoms with van der Waals surface area (Å²) in [6, 6.07) is 8.52. The molecule has 31 heavy (non-hydrogen) atoms. The summed E-state index contributed by atoms with van der Waals surface area (Å²) < 4.78 is 35.7. The van der Waals surface area contributed by atoms with Gasteiger partial charge < -0.3 is 14.8 Å². The van der Waals surface area contributed by atoms with Crippen molar-refractivity contribution >= 4 is 11.6 Å². The van der Waals surface area contributed by atoms with Gasteiger partial charge in [0.1, 0.15) is 18.3 Å². The first-order valence-electron chi connectivity index (χ1n) is 8.92. The van der Waals surface area contributed by atoms with Crippen LogP contribution in [0.5, 0.6) is 11.5 Å². The summed E-state index contributed by atoms with van der Waals surface area (Å²) in [7, 11) is 1.33. The summed E-state index contributed by atoms with van der Waals surface area (Å²) in [6.07, 6.45) is 2.86. The molecule has 0 bridgehead atoms. The third-order valence-electron chi connectivity index (χ3n) is 4.24. The quantitative estimate of drug-likeness (QED) is 0.407. The maximum Gasteiger partial charge on any atom is 0.387 e. The number of nitro benzene ring substituents is 1. The molecule has 0 fully saturated rings. The number of carbonyl (C=O) groups is 1. The van der Waals surface area contributed by atoms with Crippen LogP contribution < -0.4 is 14.8 Å². The minimum atomic E-state index is -3.00.